The molecular formula is C12H19NO3S. The Morgan fingerprint density at radius 2 is 1.88 bits per heavy atom. The Morgan fingerprint density at radius 1 is 1.29 bits per heavy atom. The van der Waals surface area contributed by atoms with Crippen LogP contribution in [0, 0.1) is 0 Å². The van der Waals surface area contributed by atoms with Crippen molar-refractivity contribution in [3.8, 4) is 0 Å². The number of aliphatic hydroxyl groups excluding tert-OH is 1. The van der Waals surface area contributed by atoms with Crippen molar-refractivity contribution in [3.05, 3.63) is 29.8 Å². The zero-order valence-corrected chi connectivity index (χ0v) is 11.0. The van der Waals surface area contributed by atoms with Crippen LogP contribution in [-0.2, 0) is 9.84 Å². The molecule has 1 aromatic carbocycles. The molecule has 2 N–H and O–H groups in total. The molecule has 0 fully saturated rings. The molecule has 1 unspecified atom stereocenters. The van der Waals surface area contributed by atoms with Crippen molar-refractivity contribution in [1.29, 1.82) is 0 Å². The molecule has 0 aromatic heterocycles. The molecule has 4 nitrogen and oxygen atoms in total. The van der Waals surface area contributed by atoms with E-state index in [4.69, 9.17) is 5.11 Å². The number of hydrogen-bond acceptors (Lipinski definition) is 4. The fourth-order valence-corrected chi connectivity index (χ4v) is 2.15. The predicted molar refractivity (Wildman–Crippen MR) is 67.7 cm³/mol. The van der Waals surface area contributed by atoms with Gasteiger partial charge in [0.25, 0.3) is 0 Å². The van der Waals surface area contributed by atoms with Gasteiger partial charge in [0.05, 0.1) is 4.90 Å². The third kappa shape index (κ3) is 4.46. The first-order chi connectivity index (χ1) is 7.95. The quantitative estimate of drug-likeness (QED) is 0.750. The molecular weight excluding hydrogens is 238 g/mol. The topological polar surface area (TPSA) is 66.4 Å². The van der Waals surface area contributed by atoms with Crippen LogP contribution in [0.3, 0.4) is 0 Å². The summed E-state index contributed by atoms with van der Waals surface area (Å²) >= 11 is 0. The summed E-state index contributed by atoms with van der Waals surface area (Å²) in [5.74, 6) is 0. The van der Waals surface area contributed by atoms with Crippen LogP contribution in [-0.4, -0.2) is 32.9 Å². The van der Waals surface area contributed by atoms with Crippen molar-refractivity contribution in [1.82, 2.24) is 5.32 Å². The third-order valence-corrected chi connectivity index (χ3v) is 3.72. The molecule has 1 aromatic rings. The van der Waals surface area contributed by atoms with E-state index in [0.29, 0.717) is 11.3 Å². The summed E-state index contributed by atoms with van der Waals surface area (Å²) in [6.07, 6.45) is 1.91. The van der Waals surface area contributed by atoms with Gasteiger partial charge in [-0.05, 0) is 37.6 Å². The Hall–Kier alpha value is -0.910. The molecule has 0 bridgehead atoms. The third-order valence-electron chi connectivity index (χ3n) is 2.59. The summed E-state index contributed by atoms with van der Waals surface area (Å²) in [4.78, 5) is 0.337. The highest BCUT2D eigenvalue weighted by atomic mass is 32.2. The largest absolute Gasteiger partial charge is 0.396 e. The lowest BCUT2D eigenvalue weighted by Crippen LogP contribution is -2.20. The standard InChI is InChI=1S/C12H19NO3S/c1-10(13-8-3-9-14)11-4-6-12(7-5-11)17(2,15)16/h4-7,10,13-14H,3,8-9H2,1-2H3. The molecule has 0 heterocycles. The predicted octanol–water partition coefficient (Wildman–Crippen LogP) is 1.12. The highest BCUT2D eigenvalue weighted by Crippen LogP contribution is 2.15. The highest BCUT2D eigenvalue weighted by Gasteiger charge is 2.08. The summed E-state index contributed by atoms with van der Waals surface area (Å²) in [5, 5.41) is 11.9. The van der Waals surface area contributed by atoms with E-state index in [9.17, 15) is 8.42 Å². The fourth-order valence-electron chi connectivity index (χ4n) is 1.52. The Morgan fingerprint density at radius 3 is 2.35 bits per heavy atom. The van der Waals surface area contributed by atoms with Gasteiger partial charge in [-0.3, -0.25) is 0 Å². The number of aliphatic hydroxyl groups is 1. The van der Waals surface area contributed by atoms with Gasteiger partial charge in [-0.2, -0.15) is 0 Å². The lowest BCUT2D eigenvalue weighted by Gasteiger charge is -2.14. The zero-order chi connectivity index (χ0) is 12.9. The summed E-state index contributed by atoms with van der Waals surface area (Å²) in [7, 11) is -3.12. The first kappa shape index (κ1) is 14.2. The molecule has 17 heavy (non-hydrogen) atoms. The average Bonchev–Trinajstić information content (AvgIpc) is 2.28. The lowest BCUT2D eigenvalue weighted by atomic mass is 10.1. The van der Waals surface area contributed by atoms with E-state index in [-0.39, 0.29) is 12.6 Å². The maximum atomic E-state index is 11.3. The SMILES string of the molecule is CC(NCCCO)c1ccc(S(C)(=O)=O)cc1. The Kier molecular flexibility index (Phi) is 5.11. The van der Waals surface area contributed by atoms with Crippen LogP contribution in [0.15, 0.2) is 29.2 Å². The molecule has 1 rings (SSSR count). The number of hydrogen-bond donors (Lipinski definition) is 2. The first-order valence-corrected chi connectivity index (χ1v) is 7.48. The van der Waals surface area contributed by atoms with Gasteiger partial charge in [0.15, 0.2) is 9.84 Å². The van der Waals surface area contributed by atoms with E-state index in [2.05, 4.69) is 5.32 Å². The maximum Gasteiger partial charge on any atom is 0.175 e. The van der Waals surface area contributed by atoms with Crippen molar-refractivity contribution >= 4 is 9.84 Å². The van der Waals surface area contributed by atoms with Crippen molar-refractivity contribution in [2.24, 2.45) is 0 Å². The van der Waals surface area contributed by atoms with Gasteiger partial charge in [-0.15, -0.1) is 0 Å². The molecule has 0 spiro atoms. The van der Waals surface area contributed by atoms with E-state index >= 15 is 0 Å². The molecule has 0 saturated carbocycles. The number of nitrogens with one attached hydrogen (secondary N) is 1. The normalized spacial score (nSPS) is 13.6. The van der Waals surface area contributed by atoms with Crippen LogP contribution in [0.1, 0.15) is 24.9 Å². The second-order valence-electron chi connectivity index (χ2n) is 4.09. The number of sulfone groups is 1. The Bertz CT molecular complexity index is 439. The summed E-state index contributed by atoms with van der Waals surface area (Å²) < 4.78 is 22.6. The smallest absolute Gasteiger partial charge is 0.175 e. The van der Waals surface area contributed by atoms with Gasteiger partial charge in [-0.25, -0.2) is 8.42 Å². The minimum atomic E-state index is -3.12. The second-order valence-corrected chi connectivity index (χ2v) is 6.11. The minimum Gasteiger partial charge on any atom is -0.396 e. The van der Waals surface area contributed by atoms with E-state index in [1.54, 1.807) is 12.1 Å². The monoisotopic (exact) mass is 257 g/mol. The van der Waals surface area contributed by atoms with Crippen molar-refractivity contribution in [2.75, 3.05) is 19.4 Å². The van der Waals surface area contributed by atoms with Crippen molar-refractivity contribution in [3.63, 3.8) is 0 Å². The van der Waals surface area contributed by atoms with E-state index in [0.717, 1.165) is 12.1 Å². The molecule has 0 saturated heterocycles. The van der Waals surface area contributed by atoms with E-state index in [1.165, 1.54) is 6.26 Å². The number of rotatable bonds is 6. The summed E-state index contributed by atoms with van der Waals surface area (Å²) in [6, 6.07) is 7.01. The van der Waals surface area contributed by atoms with Gasteiger partial charge in [0.1, 0.15) is 0 Å². The molecule has 1 atom stereocenters. The van der Waals surface area contributed by atoms with Gasteiger partial charge in [0.2, 0.25) is 0 Å². The van der Waals surface area contributed by atoms with E-state index < -0.39 is 9.84 Å². The van der Waals surface area contributed by atoms with Gasteiger partial charge < -0.3 is 10.4 Å². The molecule has 0 aliphatic rings. The molecule has 0 radical (unpaired) electrons. The van der Waals surface area contributed by atoms with Gasteiger partial charge in [-0.1, -0.05) is 12.1 Å². The van der Waals surface area contributed by atoms with Gasteiger partial charge >= 0.3 is 0 Å². The van der Waals surface area contributed by atoms with Crippen molar-refractivity contribution in [2.45, 2.75) is 24.3 Å². The molecule has 0 amide bonds. The van der Waals surface area contributed by atoms with Crippen LogP contribution in [0.5, 0.6) is 0 Å². The average molecular weight is 257 g/mol. The number of benzene rings is 1. The lowest BCUT2D eigenvalue weighted by molar-refractivity contribution is 0.284. The minimum absolute atomic E-state index is 0.148. The molecule has 96 valence electrons. The molecule has 0 aliphatic heterocycles. The van der Waals surface area contributed by atoms with Crippen LogP contribution in [0.2, 0.25) is 0 Å². The maximum absolute atomic E-state index is 11.3. The summed E-state index contributed by atoms with van der Waals surface area (Å²) in [5.41, 5.74) is 1.04. The van der Waals surface area contributed by atoms with Crippen molar-refractivity contribution < 1.29 is 13.5 Å². The van der Waals surface area contributed by atoms with Crippen LogP contribution >= 0.6 is 0 Å². The molecule has 5 heteroatoms. The van der Waals surface area contributed by atoms with Crippen LogP contribution in [0.25, 0.3) is 0 Å². The van der Waals surface area contributed by atoms with Gasteiger partial charge in [0, 0.05) is 18.9 Å². The Labute approximate surface area is 103 Å². The summed E-state index contributed by atoms with van der Waals surface area (Å²) in [6.45, 7) is 2.92. The first-order valence-electron chi connectivity index (χ1n) is 5.59. The van der Waals surface area contributed by atoms with Crippen LogP contribution in [0.4, 0.5) is 0 Å². The second kappa shape index (κ2) is 6.14. The highest BCUT2D eigenvalue weighted by molar-refractivity contribution is 7.90. The fraction of sp³-hybridized carbons (Fsp3) is 0.500. The van der Waals surface area contributed by atoms with E-state index in [1.807, 2.05) is 19.1 Å². The zero-order valence-electron chi connectivity index (χ0n) is 10.2. The van der Waals surface area contributed by atoms with Crippen LogP contribution < -0.4 is 5.32 Å². The Balaban J connectivity index is 2.67. The molecule has 0 aliphatic carbocycles.